The molecule has 0 aromatic heterocycles. The summed E-state index contributed by atoms with van der Waals surface area (Å²) in [6, 6.07) is 5.13. The van der Waals surface area contributed by atoms with Crippen LogP contribution in [0.1, 0.15) is 18.4 Å². The van der Waals surface area contributed by atoms with Gasteiger partial charge in [0, 0.05) is 22.8 Å². The summed E-state index contributed by atoms with van der Waals surface area (Å²) in [5.74, 6) is 1.57. The summed E-state index contributed by atoms with van der Waals surface area (Å²) in [5, 5.41) is 10.5. The fourth-order valence-corrected chi connectivity index (χ4v) is 2.72. The van der Waals surface area contributed by atoms with E-state index < -0.39 is 0 Å². The van der Waals surface area contributed by atoms with Crippen molar-refractivity contribution in [3.05, 3.63) is 33.9 Å². The highest BCUT2D eigenvalue weighted by molar-refractivity contribution is 7.99. The Labute approximate surface area is 80.3 Å². The van der Waals surface area contributed by atoms with Gasteiger partial charge in [-0.25, -0.2) is 0 Å². The van der Waals surface area contributed by atoms with Crippen molar-refractivity contribution in [2.45, 2.75) is 17.7 Å². The van der Waals surface area contributed by atoms with Crippen LogP contribution in [-0.2, 0) is 0 Å². The van der Waals surface area contributed by atoms with Crippen LogP contribution in [0.3, 0.4) is 0 Å². The normalized spacial score (nSPS) is 19.9. The number of nitro benzene ring substituents is 1. The van der Waals surface area contributed by atoms with Gasteiger partial charge in [-0.2, -0.15) is 0 Å². The first-order valence-electron chi connectivity index (χ1n) is 4.09. The minimum Gasteiger partial charge on any atom is -0.258 e. The number of hydrogen-bond acceptors (Lipinski definition) is 3. The van der Waals surface area contributed by atoms with Gasteiger partial charge in [0.05, 0.1) is 4.92 Å². The van der Waals surface area contributed by atoms with Crippen LogP contribution in [0.4, 0.5) is 5.69 Å². The highest BCUT2D eigenvalue weighted by Gasteiger charge is 2.21. The Hall–Kier alpha value is -1.03. The third kappa shape index (κ3) is 1.42. The highest BCUT2D eigenvalue weighted by Crippen LogP contribution is 2.40. The largest absolute Gasteiger partial charge is 0.270 e. The lowest BCUT2D eigenvalue weighted by molar-refractivity contribution is -0.385. The molecule has 1 atom stereocenters. The predicted molar refractivity (Wildman–Crippen MR) is 52.2 cm³/mol. The minimum atomic E-state index is -0.343. The third-order valence-electron chi connectivity index (χ3n) is 2.23. The van der Waals surface area contributed by atoms with Crippen LogP contribution in [0.2, 0.25) is 0 Å². The van der Waals surface area contributed by atoms with E-state index in [0.29, 0.717) is 5.92 Å². The molecule has 4 heteroatoms. The molecule has 13 heavy (non-hydrogen) atoms. The zero-order valence-corrected chi connectivity index (χ0v) is 8.00. The maximum atomic E-state index is 10.5. The number of thioether (sulfide) groups is 1. The van der Waals surface area contributed by atoms with E-state index in [1.807, 2.05) is 6.07 Å². The lowest BCUT2D eigenvalue weighted by Crippen LogP contribution is -1.91. The van der Waals surface area contributed by atoms with Crippen LogP contribution >= 0.6 is 11.8 Å². The zero-order chi connectivity index (χ0) is 9.42. The van der Waals surface area contributed by atoms with E-state index in [1.165, 1.54) is 5.56 Å². The molecule has 3 nitrogen and oxygen atoms in total. The van der Waals surface area contributed by atoms with Gasteiger partial charge in [0.15, 0.2) is 0 Å². The van der Waals surface area contributed by atoms with Gasteiger partial charge in [-0.05, 0) is 11.5 Å². The minimum absolute atomic E-state index is 0.195. The molecule has 0 spiro atoms. The summed E-state index contributed by atoms with van der Waals surface area (Å²) in [4.78, 5) is 11.2. The topological polar surface area (TPSA) is 43.1 Å². The quantitative estimate of drug-likeness (QED) is 0.511. The number of nitro groups is 1. The molecule has 68 valence electrons. The summed E-state index contributed by atoms with van der Waals surface area (Å²) in [7, 11) is 0. The fourth-order valence-electron chi connectivity index (χ4n) is 1.47. The van der Waals surface area contributed by atoms with Crippen LogP contribution in [0.5, 0.6) is 0 Å². The first kappa shape index (κ1) is 8.56. The maximum Gasteiger partial charge on any atom is 0.270 e. The molecule has 1 aliphatic rings. The van der Waals surface area contributed by atoms with Crippen molar-refractivity contribution in [1.82, 2.24) is 0 Å². The van der Waals surface area contributed by atoms with Gasteiger partial charge in [0.25, 0.3) is 5.69 Å². The van der Waals surface area contributed by atoms with Gasteiger partial charge >= 0.3 is 0 Å². The predicted octanol–water partition coefficient (Wildman–Crippen LogP) is 2.80. The van der Waals surface area contributed by atoms with Crippen LogP contribution in [0.15, 0.2) is 23.1 Å². The first-order chi connectivity index (χ1) is 6.18. The lowest BCUT2D eigenvalue weighted by atomic mass is 10.0. The van der Waals surface area contributed by atoms with Crippen molar-refractivity contribution in [3.63, 3.8) is 0 Å². The molecule has 0 bridgehead atoms. The lowest BCUT2D eigenvalue weighted by Gasteiger charge is -2.01. The van der Waals surface area contributed by atoms with Crippen molar-refractivity contribution in [3.8, 4) is 0 Å². The van der Waals surface area contributed by atoms with Crippen molar-refractivity contribution in [2.75, 3.05) is 5.75 Å². The van der Waals surface area contributed by atoms with E-state index in [-0.39, 0.29) is 10.6 Å². The Balaban J connectivity index is 2.45. The molecule has 1 aromatic carbocycles. The SMILES string of the molecule is CC1CSc2cc([N+](=O)[O-])ccc21. The molecular formula is C9H9NO2S. The van der Waals surface area contributed by atoms with E-state index >= 15 is 0 Å². The molecule has 1 heterocycles. The summed E-state index contributed by atoms with van der Waals surface area (Å²) in [6.45, 7) is 2.14. The second kappa shape index (κ2) is 3.03. The van der Waals surface area contributed by atoms with Gasteiger partial charge in [-0.15, -0.1) is 11.8 Å². The fraction of sp³-hybridized carbons (Fsp3) is 0.333. The van der Waals surface area contributed by atoms with E-state index in [0.717, 1.165) is 10.6 Å². The van der Waals surface area contributed by atoms with Crippen LogP contribution < -0.4 is 0 Å². The Morgan fingerprint density at radius 2 is 2.38 bits per heavy atom. The average Bonchev–Trinajstić information content (AvgIpc) is 2.47. The smallest absolute Gasteiger partial charge is 0.258 e. The van der Waals surface area contributed by atoms with E-state index in [2.05, 4.69) is 6.92 Å². The number of benzene rings is 1. The van der Waals surface area contributed by atoms with Crippen LogP contribution in [0, 0.1) is 10.1 Å². The van der Waals surface area contributed by atoms with E-state index in [1.54, 1.807) is 23.9 Å². The molecule has 0 fully saturated rings. The van der Waals surface area contributed by atoms with Gasteiger partial charge in [0.2, 0.25) is 0 Å². The molecule has 0 amide bonds. The molecular weight excluding hydrogens is 186 g/mol. The summed E-state index contributed by atoms with van der Waals surface area (Å²) >= 11 is 1.70. The van der Waals surface area contributed by atoms with Gasteiger partial charge in [-0.1, -0.05) is 13.0 Å². The van der Waals surface area contributed by atoms with Crippen LogP contribution in [-0.4, -0.2) is 10.7 Å². The second-order valence-corrected chi connectivity index (χ2v) is 4.25. The summed E-state index contributed by atoms with van der Waals surface area (Å²) < 4.78 is 0. The number of non-ortho nitro benzene ring substituents is 1. The average molecular weight is 195 g/mol. The molecule has 2 rings (SSSR count). The molecule has 0 N–H and O–H groups in total. The number of fused-ring (bicyclic) bond motifs is 1. The molecule has 0 saturated carbocycles. The molecule has 1 aliphatic heterocycles. The van der Waals surface area contributed by atoms with Crippen molar-refractivity contribution in [1.29, 1.82) is 0 Å². The Bertz CT molecular complexity index is 365. The number of hydrogen-bond donors (Lipinski definition) is 0. The van der Waals surface area contributed by atoms with E-state index in [9.17, 15) is 10.1 Å². The van der Waals surface area contributed by atoms with Gasteiger partial charge in [-0.3, -0.25) is 10.1 Å². The Morgan fingerprint density at radius 3 is 3.08 bits per heavy atom. The van der Waals surface area contributed by atoms with Gasteiger partial charge in [0.1, 0.15) is 0 Å². The number of rotatable bonds is 1. The molecule has 0 radical (unpaired) electrons. The molecule has 1 aromatic rings. The first-order valence-corrected chi connectivity index (χ1v) is 5.08. The number of nitrogens with zero attached hydrogens (tertiary/aromatic N) is 1. The van der Waals surface area contributed by atoms with Crippen molar-refractivity contribution < 1.29 is 4.92 Å². The monoisotopic (exact) mass is 195 g/mol. The summed E-state index contributed by atoms with van der Waals surface area (Å²) in [6.07, 6.45) is 0. The van der Waals surface area contributed by atoms with Crippen molar-refractivity contribution >= 4 is 17.4 Å². The molecule has 0 saturated heterocycles. The van der Waals surface area contributed by atoms with E-state index in [4.69, 9.17) is 0 Å². The Kier molecular flexibility index (Phi) is 2.00. The second-order valence-electron chi connectivity index (χ2n) is 3.19. The summed E-state index contributed by atoms with van der Waals surface area (Å²) in [5.41, 5.74) is 1.44. The van der Waals surface area contributed by atoms with Gasteiger partial charge < -0.3 is 0 Å². The molecule has 0 aliphatic carbocycles. The molecule has 1 unspecified atom stereocenters. The van der Waals surface area contributed by atoms with Crippen molar-refractivity contribution in [2.24, 2.45) is 0 Å². The standard InChI is InChI=1S/C9H9NO2S/c1-6-5-13-9-4-7(10(11)12)2-3-8(6)9/h2-4,6H,5H2,1H3. The Morgan fingerprint density at radius 1 is 1.62 bits per heavy atom. The highest BCUT2D eigenvalue weighted by atomic mass is 32.2. The third-order valence-corrected chi connectivity index (χ3v) is 3.56. The van der Waals surface area contributed by atoms with Crippen LogP contribution in [0.25, 0.3) is 0 Å². The maximum absolute atomic E-state index is 10.5. The zero-order valence-electron chi connectivity index (χ0n) is 7.19.